The molecule has 2 aromatic rings. The van der Waals surface area contributed by atoms with Crippen LogP contribution < -0.4 is 21.7 Å². The van der Waals surface area contributed by atoms with Crippen molar-refractivity contribution in [3.8, 4) is 0 Å². The molecule has 1 unspecified atom stereocenters. The van der Waals surface area contributed by atoms with Gasteiger partial charge in [-0.1, -0.05) is 56.3 Å². The number of esters is 1. The van der Waals surface area contributed by atoms with Crippen LogP contribution in [-0.4, -0.2) is 43.5 Å². The summed E-state index contributed by atoms with van der Waals surface area (Å²) in [5.74, 6) is -0.871. The fraction of sp³-hybridized carbons (Fsp3) is 0.444. The zero-order valence-electron chi connectivity index (χ0n) is 21.3. The van der Waals surface area contributed by atoms with Gasteiger partial charge >= 0.3 is 5.97 Å². The van der Waals surface area contributed by atoms with Crippen molar-refractivity contribution >= 4 is 23.5 Å². The summed E-state index contributed by atoms with van der Waals surface area (Å²) in [5.41, 5.74) is 8.04. The first kappa shape index (κ1) is 29.8. The van der Waals surface area contributed by atoms with E-state index < -0.39 is 12.1 Å². The van der Waals surface area contributed by atoms with Crippen LogP contribution in [0.25, 0.3) is 0 Å². The molecule has 35 heavy (non-hydrogen) atoms. The van der Waals surface area contributed by atoms with Gasteiger partial charge in [0.05, 0.1) is 6.04 Å². The summed E-state index contributed by atoms with van der Waals surface area (Å²) in [6.07, 6.45) is 2.49. The molecule has 8 nitrogen and oxygen atoms in total. The van der Waals surface area contributed by atoms with E-state index in [2.05, 4.69) is 16.0 Å². The number of hydrogen-bond acceptors (Lipinski definition) is 6. The van der Waals surface area contributed by atoms with Gasteiger partial charge in [0.1, 0.15) is 12.6 Å². The second-order valence-electron chi connectivity index (χ2n) is 7.84. The first-order valence-corrected chi connectivity index (χ1v) is 12.2. The van der Waals surface area contributed by atoms with Gasteiger partial charge in [0, 0.05) is 12.6 Å². The minimum Gasteiger partial charge on any atom is -0.461 e. The highest BCUT2D eigenvalue weighted by Crippen LogP contribution is 2.13. The number of likely N-dealkylation sites (N-methyl/N-ethyl adjacent to an activating group) is 1. The highest BCUT2D eigenvalue weighted by molar-refractivity contribution is 5.97. The Morgan fingerprint density at radius 3 is 2.11 bits per heavy atom. The first-order valence-electron chi connectivity index (χ1n) is 12.2. The number of anilines is 1. The van der Waals surface area contributed by atoms with Crippen molar-refractivity contribution in [3.63, 3.8) is 0 Å². The van der Waals surface area contributed by atoms with E-state index in [1.807, 2.05) is 44.2 Å². The summed E-state index contributed by atoms with van der Waals surface area (Å²) < 4.78 is 4.97. The Bertz CT molecular complexity index is 888. The second-order valence-corrected chi connectivity index (χ2v) is 7.84. The number of unbranched alkanes of at least 4 members (excludes halogenated alkanes) is 1. The van der Waals surface area contributed by atoms with Gasteiger partial charge in [0.2, 0.25) is 11.8 Å². The van der Waals surface area contributed by atoms with E-state index in [1.54, 1.807) is 31.3 Å². The lowest BCUT2D eigenvalue weighted by molar-refractivity contribution is -0.142. The molecule has 0 aliphatic carbocycles. The van der Waals surface area contributed by atoms with Gasteiger partial charge in [-0.05, 0) is 62.5 Å². The first-order chi connectivity index (χ1) is 16.9. The normalized spacial score (nSPS) is 11.9. The van der Waals surface area contributed by atoms with E-state index in [1.165, 1.54) is 6.92 Å². The molecular formula is C27H40N4O4. The molecule has 2 amide bonds. The van der Waals surface area contributed by atoms with Gasteiger partial charge in [-0.3, -0.25) is 14.4 Å². The largest absolute Gasteiger partial charge is 0.461 e. The van der Waals surface area contributed by atoms with Crippen molar-refractivity contribution < 1.29 is 19.1 Å². The minimum absolute atomic E-state index is 0.175. The van der Waals surface area contributed by atoms with Crippen LogP contribution in [0.2, 0.25) is 0 Å². The third-order valence-corrected chi connectivity index (χ3v) is 5.19. The smallest absolute Gasteiger partial charge is 0.302 e. The quantitative estimate of drug-likeness (QED) is 0.256. The van der Waals surface area contributed by atoms with Crippen molar-refractivity contribution in [2.24, 2.45) is 5.73 Å². The topological polar surface area (TPSA) is 123 Å². The summed E-state index contributed by atoms with van der Waals surface area (Å²) in [6.45, 7) is 6.06. The number of carbonyl (C=O) groups is 3. The Morgan fingerprint density at radius 1 is 0.886 bits per heavy atom. The summed E-state index contributed by atoms with van der Waals surface area (Å²) in [4.78, 5) is 36.8. The molecule has 2 aromatic carbocycles. The number of nitrogens with one attached hydrogen (secondary N) is 3. The van der Waals surface area contributed by atoms with Gasteiger partial charge in [0.25, 0.3) is 0 Å². The number of rotatable bonds is 13. The Hall–Kier alpha value is -3.23. The van der Waals surface area contributed by atoms with Crippen LogP contribution in [0.15, 0.2) is 54.6 Å². The molecule has 0 saturated heterocycles. The van der Waals surface area contributed by atoms with Gasteiger partial charge in [-0.15, -0.1) is 0 Å². The maximum Gasteiger partial charge on any atom is 0.302 e. The fourth-order valence-electron chi connectivity index (χ4n) is 3.31. The molecule has 5 N–H and O–H groups in total. The molecule has 0 bridgehead atoms. The van der Waals surface area contributed by atoms with Crippen molar-refractivity contribution in [2.45, 2.75) is 65.1 Å². The van der Waals surface area contributed by atoms with Gasteiger partial charge in [-0.25, -0.2) is 0 Å². The lowest BCUT2D eigenvalue weighted by Gasteiger charge is -2.22. The molecule has 0 radical (unpaired) electrons. The Kier molecular flexibility index (Phi) is 14.7. The summed E-state index contributed by atoms with van der Waals surface area (Å²) in [7, 11) is 1.73. The maximum atomic E-state index is 13.0. The number of carbonyl (C=O) groups excluding carboxylic acids is 3. The van der Waals surface area contributed by atoms with Gasteiger partial charge < -0.3 is 26.4 Å². The second kappa shape index (κ2) is 17.2. The fourth-order valence-corrected chi connectivity index (χ4v) is 3.31. The molecule has 2 rings (SSSR count). The molecule has 0 heterocycles. The molecule has 0 saturated carbocycles. The molecule has 192 valence electrons. The number of hydrogen-bond donors (Lipinski definition) is 4. The monoisotopic (exact) mass is 484 g/mol. The molecule has 0 fully saturated rings. The van der Waals surface area contributed by atoms with Crippen LogP contribution in [0, 0.1) is 0 Å². The van der Waals surface area contributed by atoms with Crippen molar-refractivity contribution in [1.82, 2.24) is 10.6 Å². The van der Waals surface area contributed by atoms with Gasteiger partial charge in [0.15, 0.2) is 0 Å². The molecule has 2 atom stereocenters. The Balaban J connectivity index is 0.00000298. The molecule has 0 aromatic heterocycles. The third kappa shape index (κ3) is 11.6. The lowest BCUT2D eigenvalue weighted by Crippen LogP contribution is -2.51. The Labute approximate surface area is 209 Å². The predicted molar refractivity (Wildman–Crippen MR) is 140 cm³/mol. The van der Waals surface area contributed by atoms with E-state index >= 15 is 0 Å². The number of ether oxygens (including phenoxy) is 1. The summed E-state index contributed by atoms with van der Waals surface area (Å²) >= 11 is 0. The lowest BCUT2D eigenvalue weighted by atomic mass is 10.0. The van der Waals surface area contributed by atoms with Crippen LogP contribution in [0.1, 0.15) is 51.2 Å². The highest BCUT2D eigenvalue weighted by Gasteiger charge is 2.25. The average molecular weight is 485 g/mol. The van der Waals surface area contributed by atoms with E-state index in [9.17, 15) is 14.4 Å². The van der Waals surface area contributed by atoms with E-state index in [0.29, 0.717) is 25.1 Å². The van der Waals surface area contributed by atoms with Crippen molar-refractivity contribution in [2.75, 3.05) is 18.9 Å². The van der Waals surface area contributed by atoms with Crippen LogP contribution in [0.4, 0.5) is 5.69 Å². The molecule has 0 aliphatic rings. The SMILES string of the molecule is CC.CNC(Cc1ccccc1)C(=O)N[C@@H](CCCCN)C(=O)Nc1ccc(COC(C)=O)cc1. The zero-order valence-corrected chi connectivity index (χ0v) is 21.3. The summed E-state index contributed by atoms with van der Waals surface area (Å²) in [5, 5.41) is 8.80. The third-order valence-electron chi connectivity index (χ3n) is 5.19. The van der Waals surface area contributed by atoms with E-state index in [-0.39, 0.29) is 24.4 Å². The molecule has 8 heteroatoms. The summed E-state index contributed by atoms with van der Waals surface area (Å²) in [6, 6.07) is 15.6. The van der Waals surface area contributed by atoms with Crippen LogP contribution >= 0.6 is 0 Å². The van der Waals surface area contributed by atoms with Crippen LogP contribution in [0.3, 0.4) is 0 Å². The Morgan fingerprint density at radius 2 is 1.54 bits per heavy atom. The maximum absolute atomic E-state index is 13.0. The highest BCUT2D eigenvalue weighted by atomic mass is 16.5. The predicted octanol–water partition coefficient (Wildman–Crippen LogP) is 3.16. The van der Waals surface area contributed by atoms with Crippen LogP contribution in [0.5, 0.6) is 0 Å². The number of amides is 2. The van der Waals surface area contributed by atoms with E-state index in [0.717, 1.165) is 24.0 Å². The van der Waals surface area contributed by atoms with Crippen molar-refractivity contribution in [1.29, 1.82) is 0 Å². The number of benzene rings is 2. The molecule has 0 spiro atoms. The molecular weight excluding hydrogens is 444 g/mol. The zero-order chi connectivity index (χ0) is 26.1. The van der Waals surface area contributed by atoms with Gasteiger partial charge in [-0.2, -0.15) is 0 Å². The standard InChI is InChI=1S/C25H34N4O4.C2H6/c1-18(30)33-17-20-11-13-21(14-12-20)28-24(31)22(10-6-7-15-26)29-25(32)23(27-2)16-19-8-4-3-5-9-19;1-2/h3-5,8-9,11-14,22-23,27H,6-7,10,15-17,26H2,1-2H3,(H,28,31)(H,29,32);1-2H3/t22-,23?;/m0./s1. The van der Waals surface area contributed by atoms with Crippen LogP contribution in [-0.2, 0) is 32.1 Å². The minimum atomic E-state index is -0.684. The van der Waals surface area contributed by atoms with Crippen molar-refractivity contribution in [3.05, 3.63) is 65.7 Å². The van der Waals surface area contributed by atoms with E-state index in [4.69, 9.17) is 10.5 Å². The average Bonchev–Trinajstić information content (AvgIpc) is 2.88. The number of nitrogens with two attached hydrogens (primary N) is 1. The molecule has 0 aliphatic heterocycles.